The van der Waals surface area contributed by atoms with Crippen LogP contribution < -0.4 is 5.32 Å². The maximum Gasteiger partial charge on any atom is 0.249 e. The van der Waals surface area contributed by atoms with Crippen molar-refractivity contribution in [1.29, 1.82) is 0 Å². The van der Waals surface area contributed by atoms with E-state index in [0.717, 1.165) is 15.6 Å². The lowest BCUT2D eigenvalue weighted by Crippen LogP contribution is -2.34. The third-order valence-electron chi connectivity index (χ3n) is 2.41. The number of methoxy groups -OCH3 is 1. The number of aromatic nitrogens is 1. The van der Waals surface area contributed by atoms with E-state index >= 15 is 0 Å². The predicted octanol–water partition coefficient (Wildman–Crippen LogP) is 1.64. The molecule has 6 heteroatoms. The number of amides is 1. The molecule has 0 aliphatic carbocycles. The van der Waals surface area contributed by atoms with Crippen LogP contribution in [0.15, 0.2) is 0 Å². The van der Waals surface area contributed by atoms with Crippen molar-refractivity contribution >= 4 is 17.2 Å². The Morgan fingerprint density at radius 2 is 2.28 bits per heavy atom. The smallest absolute Gasteiger partial charge is 0.249 e. The minimum absolute atomic E-state index is 0.0991. The Labute approximate surface area is 112 Å². The number of carbonyl (C=O) groups is 1. The van der Waals surface area contributed by atoms with Crippen molar-refractivity contribution in [3.63, 3.8) is 0 Å². The number of rotatable bonds is 7. The Hall–Kier alpha value is -0.980. The first-order chi connectivity index (χ1) is 8.58. The standard InChI is InChI=1S/C12H20N2O3S/c1-5-17-9(3)12(15)13-6-10-8(2)14-11(18-10)7-16-4/h9H,5-7H2,1-4H3,(H,13,15)/t9-/m0/s1. The van der Waals surface area contributed by atoms with Crippen molar-refractivity contribution < 1.29 is 14.3 Å². The number of aryl methyl sites for hydroxylation is 1. The Morgan fingerprint density at radius 3 is 2.89 bits per heavy atom. The van der Waals surface area contributed by atoms with Gasteiger partial charge in [-0.1, -0.05) is 0 Å². The van der Waals surface area contributed by atoms with Crippen LogP contribution in [-0.4, -0.2) is 30.7 Å². The number of hydrogen-bond acceptors (Lipinski definition) is 5. The van der Waals surface area contributed by atoms with Crippen LogP contribution in [0.3, 0.4) is 0 Å². The average molecular weight is 272 g/mol. The second-order valence-electron chi connectivity index (χ2n) is 3.86. The highest BCUT2D eigenvalue weighted by molar-refractivity contribution is 7.11. The number of nitrogens with one attached hydrogen (secondary N) is 1. The van der Waals surface area contributed by atoms with Crippen molar-refractivity contribution in [3.05, 3.63) is 15.6 Å². The SMILES string of the molecule is CCO[C@@H](C)C(=O)NCc1sc(COC)nc1C. The van der Waals surface area contributed by atoms with Gasteiger partial charge in [0.1, 0.15) is 11.1 Å². The zero-order chi connectivity index (χ0) is 13.5. The van der Waals surface area contributed by atoms with E-state index in [1.807, 2.05) is 13.8 Å². The van der Waals surface area contributed by atoms with E-state index in [1.165, 1.54) is 0 Å². The molecule has 0 saturated carbocycles. The van der Waals surface area contributed by atoms with E-state index in [-0.39, 0.29) is 5.91 Å². The van der Waals surface area contributed by atoms with Gasteiger partial charge in [0.2, 0.25) is 5.91 Å². The summed E-state index contributed by atoms with van der Waals surface area (Å²) in [5.41, 5.74) is 0.941. The maximum absolute atomic E-state index is 11.7. The molecule has 1 rings (SSSR count). The van der Waals surface area contributed by atoms with Crippen LogP contribution in [0.25, 0.3) is 0 Å². The van der Waals surface area contributed by atoms with Gasteiger partial charge in [0.15, 0.2) is 0 Å². The predicted molar refractivity (Wildman–Crippen MR) is 70.5 cm³/mol. The van der Waals surface area contributed by atoms with E-state index in [4.69, 9.17) is 9.47 Å². The molecule has 1 amide bonds. The number of hydrogen-bond donors (Lipinski definition) is 1. The van der Waals surface area contributed by atoms with Crippen molar-refractivity contribution in [2.24, 2.45) is 0 Å². The molecule has 1 atom stereocenters. The minimum atomic E-state index is -0.415. The molecule has 0 aliphatic rings. The van der Waals surface area contributed by atoms with E-state index in [1.54, 1.807) is 25.4 Å². The lowest BCUT2D eigenvalue weighted by molar-refractivity contribution is -0.131. The first-order valence-corrected chi connectivity index (χ1v) is 6.73. The zero-order valence-electron chi connectivity index (χ0n) is 11.3. The van der Waals surface area contributed by atoms with Gasteiger partial charge in [0, 0.05) is 18.6 Å². The van der Waals surface area contributed by atoms with Gasteiger partial charge in [-0.3, -0.25) is 4.79 Å². The van der Waals surface area contributed by atoms with E-state index < -0.39 is 6.10 Å². The van der Waals surface area contributed by atoms with Crippen LogP contribution in [0, 0.1) is 6.92 Å². The highest BCUT2D eigenvalue weighted by Gasteiger charge is 2.14. The summed E-state index contributed by atoms with van der Waals surface area (Å²) < 4.78 is 10.3. The summed E-state index contributed by atoms with van der Waals surface area (Å²) >= 11 is 1.56. The van der Waals surface area contributed by atoms with Gasteiger partial charge in [-0.05, 0) is 20.8 Å². The molecular weight excluding hydrogens is 252 g/mol. The zero-order valence-corrected chi connectivity index (χ0v) is 12.1. The summed E-state index contributed by atoms with van der Waals surface area (Å²) in [6, 6.07) is 0. The van der Waals surface area contributed by atoms with Gasteiger partial charge in [-0.25, -0.2) is 4.98 Å². The van der Waals surface area contributed by atoms with Gasteiger partial charge in [-0.15, -0.1) is 11.3 Å². The molecule has 0 aliphatic heterocycles. The van der Waals surface area contributed by atoms with E-state index in [9.17, 15) is 4.79 Å². The van der Waals surface area contributed by atoms with Crippen LogP contribution in [0.5, 0.6) is 0 Å². The van der Waals surface area contributed by atoms with Crippen molar-refractivity contribution in [2.75, 3.05) is 13.7 Å². The first kappa shape index (κ1) is 15.1. The number of carbonyl (C=O) groups excluding carboxylic acids is 1. The van der Waals surface area contributed by atoms with Crippen LogP contribution in [0.2, 0.25) is 0 Å². The molecule has 5 nitrogen and oxygen atoms in total. The average Bonchev–Trinajstić information content (AvgIpc) is 2.67. The van der Waals surface area contributed by atoms with Gasteiger partial charge in [0.25, 0.3) is 0 Å². The Bertz CT molecular complexity index is 393. The molecule has 102 valence electrons. The molecule has 0 saturated heterocycles. The lowest BCUT2D eigenvalue weighted by Gasteiger charge is -2.11. The Kier molecular flexibility index (Phi) is 6.24. The molecule has 1 aromatic rings. The number of nitrogens with zero attached hydrogens (tertiary/aromatic N) is 1. The van der Waals surface area contributed by atoms with Gasteiger partial charge < -0.3 is 14.8 Å². The van der Waals surface area contributed by atoms with Gasteiger partial charge in [0.05, 0.1) is 18.8 Å². The molecule has 1 aromatic heterocycles. The summed E-state index contributed by atoms with van der Waals surface area (Å²) in [7, 11) is 1.64. The second-order valence-corrected chi connectivity index (χ2v) is 5.03. The third kappa shape index (κ3) is 4.36. The molecule has 18 heavy (non-hydrogen) atoms. The lowest BCUT2D eigenvalue weighted by atomic mass is 10.3. The summed E-state index contributed by atoms with van der Waals surface area (Å²) in [6.45, 7) is 7.08. The van der Waals surface area contributed by atoms with Crippen LogP contribution in [0.4, 0.5) is 0 Å². The maximum atomic E-state index is 11.7. The second kappa shape index (κ2) is 7.45. The molecule has 0 fully saturated rings. The van der Waals surface area contributed by atoms with Crippen molar-refractivity contribution in [2.45, 2.75) is 40.0 Å². The highest BCUT2D eigenvalue weighted by Crippen LogP contribution is 2.18. The highest BCUT2D eigenvalue weighted by atomic mass is 32.1. The van der Waals surface area contributed by atoms with Crippen LogP contribution in [-0.2, 0) is 27.4 Å². The van der Waals surface area contributed by atoms with Crippen molar-refractivity contribution in [1.82, 2.24) is 10.3 Å². The first-order valence-electron chi connectivity index (χ1n) is 5.91. The Morgan fingerprint density at radius 1 is 1.56 bits per heavy atom. The van der Waals surface area contributed by atoms with Crippen LogP contribution >= 0.6 is 11.3 Å². The largest absolute Gasteiger partial charge is 0.378 e. The number of thiazole rings is 1. The molecule has 1 N–H and O–H groups in total. The normalized spacial score (nSPS) is 12.4. The molecule has 0 bridgehead atoms. The Balaban J connectivity index is 2.50. The van der Waals surface area contributed by atoms with E-state index in [2.05, 4.69) is 10.3 Å². The molecule has 0 radical (unpaired) electrons. The minimum Gasteiger partial charge on any atom is -0.378 e. The third-order valence-corrected chi connectivity index (χ3v) is 3.54. The van der Waals surface area contributed by atoms with Gasteiger partial charge >= 0.3 is 0 Å². The quantitative estimate of drug-likeness (QED) is 0.819. The monoisotopic (exact) mass is 272 g/mol. The number of ether oxygens (including phenoxy) is 2. The molecule has 0 aromatic carbocycles. The fourth-order valence-corrected chi connectivity index (χ4v) is 2.46. The summed E-state index contributed by atoms with van der Waals surface area (Å²) in [6.07, 6.45) is -0.415. The van der Waals surface area contributed by atoms with Crippen LogP contribution in [0.1, 0.15) is 29.4 Å². The summed E-state index contributed by atoms with van der Waals surface area (Å²) in [5.74, 6) is -0.0991. The fourth-order valence-electron chi connectivity index (χ4n) is 1.47. The summed E-state index contributed by atoms with van der Waals surface area (Å²) in [5, 5.41) is 3.77. The fraction of sp³-hybridized carbons (Fsp3) is 0.667. The molecule has 0 unspecified atom stereocenters. The van der Waals surface area contributed by atoms with E-state index in [0.29, 0.717) is 19.8 Å². The van der Waals surface area contributed by atoms with Crippen molar-refractivity contribution in [3.8, 4) is 0 Å². The van der Waals surface area contributed by atoms with Gasteiger partial charge in [-0.2, -0.15) is 0 Å². The molecule has 1 heterocycles. The topological polar surface area (TPSA) is 60.5 Å². The summed E-state index contributed by atoms with van der Waals surface area (Å²) in [4.78, 5) is 17.1. The molecule has 0 spiro atoms. The molecular formula is C12H20N2O3S.